The third kappa shape index (κ3) is 14.2. The number of carbonyl (C=O) groups is 2. The van der Waals surface area contributed by atoms with E-state index in [0.717, 1.165) is 32.4 Å². The molecule has 0 aliphatic rings. The van der Waals surface area contributed by atoms with Gasteiger partial charge in [0, 0.05) is 13.1 Å². The molecule has 0 aromatic heterocycles. The highest BCUT2D eigenvalue weighted by atomic mass is 16.5. The van der Waals surface area contributed by atoms with Crippen molar-refractivity contribution in [3.05, 3.63) is 0 Å². The Morgan fingerprint density at radius 1 is 0.783 bits per heavy atom. The second-order valence-corrected chi connectivity index (χ2v) is 5.94. The normalized spacial score (nSPS) is 11.0. The van der Waals surface area contributed by atoms with E-state index in [2.05, 4.69) is 9.80 Å². The molecule has 0 radical (unpaired) electrons. The summed E-state index contributed by atoms with van der Waals surface area (Å²) in [5, 5.41) is 0. The minimum atomic E-state index is -0.169. The van der Waals surface area contributed by atoms with Crippen LogP contribution in [0.1, 0.15) is 46.0 Å². The fourth-order valence-electron chi connectivity index (χ4n) is 2.02. The zero-order valence-corrected chi connectivity index (χ0v) is 15.3. The Labute approximate surface area is 141 Å². The van der Waals surface area contributed by atoms with Crippen molar-refractivity contribution in [3.8, 4) is 0 Å². The van der Waals surface area contributed by atoms with Crippen molar-refractivity contribution in [1.29, 1.82) is 0 Å². The Hall–Kier alpha value is -1.14. The lowest BCUT2D eigenvalue weighted by molar-refractivity contribution is -0.144. The van der Waals surface area contributed by atoms with E-state index in [4.69, 9.17) is 9.47 Å². The van der Waals surface area contributed by atoms with Crippen LogP contribution in [0.4, 0.5) is 0 Å². The largest absolute Gasteiger partial charge is 0.466 e. The van der Waals surface area contributed by atoms with Crippen LogP contribution in [-0.2, 0) is 19.1 Å². The van der Waals surface area contributed by atoms with Gasteiger partial charge in [-0.1, -0.05) is 13.8 Å². The average Bonchev–Trinajstić information content (AvgIpc) is 2.52. The maximum absolute atomic E-state index is 11.6. The van der Waals surface area contributed by atoms with Crippen LogP contribution < -0.4 is 0 Å². The third-order valence-corrected chi connectivity index (χ3v) is 3.28. The first kappa shape index (κ1) is 21.9. The van der Waals surface area contributed by atoms with Crippen LogP contribution in [0.5, 0.6) is 0 Å². The Morgan fingerprint density at radius 2 is 1.26 bits per heavy atom. The summed E-state index contributed by atoms with van der Waals surface area (Å²) in [6, 6.07) is 0. The Bertz CT molecular complexity index is 298. The molecule has 23 heavy (non-hydrogen) atoms. The van der Waals surface area contributed by atoms with Gasteiger partial charge in [0.15, 0.2) is 0 Å². The van der Waals surface area contributed by atoms with E-state index in [-0.39, 0.29) is 11.9 Å². The highest BCUT2D eigenvalue weighted by Crippen LogP contribution is 2.01. The second kappa shape index (κ2) is 14.5. The van der Waals surface area contributed by atoms with Crippen molar-refractivity contribution in [2.75, 3.05) is 53.5 Å². The lowest BCUT2D eigenvalue weighted by Crippen LogP contribution is -2.32. The van der Waals surface area contributed by atoms with Crippen LogP contribution in [0.3, 0.4) is 0 Å². The molecule has 0 saturated heterocycles. The molecule has 0 saturated carbocycles. The molecule has 0 N–H and O–H groups in total. The third-order valence-electron chi connectivity index (χ3n) is 3.28. The van der Waals surface area contributed by atoms with E-state index in [1.165, 1.54) is 0 Å². The molecule has 0 aliphatic heterocycles. The second-order valence-electron chi connectivity index (χ2n) is 5.94. The lowest BCUT2D eigenvalue weighted by atomic mass is 10.3. The molecule has 0 fully saturated rings. The fourth-order valence-corrected chi connectivity index (χ4v) is 2.02. The van der Waals surface area contributed by atoms with Gasteiger partial charge in [0.25, 0.3) is 0 Å². The summed E-state index contributed by atoms with van der Waals surface area (Å²) in [7, 11) is 4.07. The number of esters is 2. The van der Waals surface area contributed by atoms with Crippen LogP contribution in [0, 0.1) is 0 Å². The van der Waals surface area contributed by atoms with Gasteiger partial charge in [-0.05, 0) is 46.4 Å². The van der Waals surface area contributed by atoms with E-state index in [1.54, 1.807) is 0 Å². The SMILES string of the molecule is CCCOC(=O)CCN(CCCN(C)C)CCC(=O)OCCC. The summed E-state index contributed by atoms with van der Waals surface area (Å²) in [5.41, 5.74) is 0. The van der Waals surface area contributed by atoms with Gasteiger partial charge in [0.2, 0.25) is 0 Å². The lowest BCUT2D eigenvalue weighted by Gasteiger charge is -2.22. The first-order valence-corrected chi connectivity index (χ1v) is 8.67. The van der Waals surface area contributed by atoms with E-state index in [9.17, 15) is 9.59 Å². The summed E-state index contributed by atoms with van der Waals surface area (Å²) in [6.07, 6.45) is 3.40. The molecule has 0 bridgehead atoms. The van der Waals surface area contributed by atoms with E-state index in [1.807, 2.05) is 27.9 Å². The predicted molar refractivity (Wildman–Crippen MR) is 91.3 cm³/mol. The van der Waals surface area contributed by atoms with Crippen molar-refractivity contribution in [2.45, 2.75) is 46.0 Å². The molecule has 0 aliphatic carbocycles. The van der Waals surface area contributed by atoms with Gasteiger partial charge in [-0.3, -0.25) is 9.59 Å². The number of hydrogen-bond acceptors (Lipinski definition) is 6. The summed E-state index contributed by atoms with van der Waals surface area (Å²) >= 11 is 0. The van der Waals surface area contributed by atoms with Crippen LogP contribution in [0.25, 0.3) is 0 Å². The van der Waals surface area contributed by atoms with Crippen molar-refractivity contribution < 1.29 is 19.1 Å². The molecule has 0 unspecified atom stereocenters. The molecule has 0 atom stereocenters. The molecule has 0 heterocycles. The first-order chi connectivity index (χ1) is 11.0. The number of hydrogen-bond donors (Lipinski definition) is 0. The Balaban J connectivity index is 4.16. The van der Waals surface area contributed by atoms with Crippen LogP contribution in [-0.4, -0.2) is 75.2 Å². The van der Waals surface area contributed by atoms with Crippen molar-refractivity contribution >= 4 is 11.9 Å². The predicted octanol–water partition coefficient (Wildman–Crippen LogP) is 1.93. The minimum absolute atomic E-state index is 0.169. The standard InChI is InChI=1S/C17H34N2O4/c1-5-14-22-16(20)8-12-19(11-7-10-18(3)4)13-9-17(21)23-15-6-2/h5-15H2,1-4H3. The molecule has 0 rings (SSSR count). The molecular weight excluding hydrogens is 296 g/mol. The molecule has 136 valence electrons. The van der Waals surface area contributed by atoms with Crippen LogP contribution >= 0.6 is 0 Å². The number of nitrogens with zero attached hydrogens (tertiary/aromatic N) is 2. The summed E-state index contributed by atoms with van der Waals surface area (Å²) in [4.78, 5) is 27.5. The maximum Gasteiger partial charge on any atom is 0.307 e. The smallest absolute Gasteiger partial charge is 0.307 e. The fraction of sp³-hybridized carbons (Fsp3) is 0.882. The Morgan fingerprint density at radius 3 is 1.65 bits per heavy atom. The van der Waals surface area contributed by atoms with Gasteiger partial charge in [0.05, 0.1) is 26.1 Å². The molecule has 0 spiro atoms. The molecule has 6 nitrogen and oxygen atoms in total. The summed E-state index contributed by atoms with van der Waals surface area (Å²) in [5.74, 6) is -0.337. The highest BCUT2D eigenvalue weighted by molar-refractivity contribution is 5.70. The highest BCUT2D eigenvalue weighted by Gasteiger charge is 2.12. The zero-order valence-electron chi connectivity index (χ0n) is 15.3. The van der Waals surface area contributed by atoms with E-state index >= 15 is 0 Å². The van der Waals surface area contributed by atoms with Crippen molar-refractivity contribution in [2.24, 2.45) is 0 Å². The van der Waals surface area contributed by atoms with Gasteiger partial charge >= 0.3 is 11.9 Å². The summed E-state index contributed by atoms with van der Waals surface area (Å²) < 4.78 is 10.2. The number of carbonyl (C=O) groups excluding carboxylic acids is 2. The Kier molecular flexibility index (Phi) is 13.7. The van der Waals surface area contributed by atoms with Crippen molar-refractivity contribution in [1.82, 2.24) is 9.80 Å². The van der Waals surface area contributed by atoms with E-state index in [0.29, 0.717) is 39.1 Å². The van der Waals surface area contributed by atoms with Gasteiger partial charge in [-0.15, -0.1) is 0 Å². The summed E-state index contributed by atoms with van der Waals surface area (Å²) in [6.45, 7) is 7.99. The average molecular weight is 330 g/mol. The monoisotopic (exact) mass is 330 g/mol. The zero-order chi connectivity index (χ0) is 17.5. The maximum atomic E-state index is 11.6. The number of ether oxygens (including phenoxy) is 2. The van der Waals surface area contributed by atoms with Gasteiger partial charge in [-0.25, -0.2) is 0 Å². The topological polar surface area (TPSA) is 59.1 Å². The minimum Gasteiger partial charge on any atom is -0.466 e. The molecule has 0 aromatic carbocycles. The van der Waals surface area contributed by atoms with Crippen LogP contribution in [0.2, 0.25) is 0 Å². The first-order valence-electron chi connectivity index (χ1n) is 8.67. The van der Waals surface area contributed by atoms with Gasteiger partial charge in [-0.2, -0.15) is 0 Å². The molecule has 0 amide bonds. The molecular formula is C17H34N2O4. The van der Waals surface area contributed by atoms with Gasteiger partial charge < -0.3 is 19.3 Å². The molecule has 0 aromatic rings. The van der Waals surface area contributed by atoms with Gasteiger partial charge in [0.1, 0.15) is 0 Å². The van der Waals surface area contributed by atoms with E-state index < -0.39 is 0 Å². The number of rotatable bonds is 14. The van der Waals surface area contributed by atoms with Crippen LogP contribution in [0.15, 0.2) is 0 Å². The molecule has 6 heteroatoms. The van der Waals surface area contributed by atoms with Crippen molar-refractivity contribution in [3.63, 3.8) is 0 Å². The quantitative estimate of drug-likeness (QED) is 0.454.